The van der Waals surface area contributed by atoms with Crippen LogP contribution in [0.2, 0.25) is 5.02 Å². The summed E-state index contributed by atoms with van der Waals surface area (Å²) < 4.78 is 13.0. The van der Waals surface area contributed by atoms with E-state index in [0.717, 1.165) is 18.5 Å². The van der Waals surface area contributed by atoms with Crippen LogP contribution < -0.4 is 5.32 Å². The zero-order valence-electron chi connectivity index (χ0n) is 8.21. The Morgan fingerprint density at radius 2 is 2.33 bits per heavy atom. The summed E-state index contributed by atoms with van der Waals surface area (Å²) >= 11 is 5.73. The zero-order valence-corrected chi connectivity index (χ0v) is 8.97. The van der Waals surface area contributed by atoms with Crippen LogP contribution in [0.3, 0.4) is 0 Å². The molecule has 2 nitrogen and oxygen atoms in total. The molecule has 0 bridgehead atoms. The maximum atomic E-state index is 13.0. The van der Waals surface area contributed by atoms with Crippen molar-refractivity contribution >= 4 is 11.6 Å². The summed E-state index contributed by atoms with van der Waals surface area (Å²) in [7, 11) is 0. The smallest absolute Gasteiger partial charge is 0.141 e. The minimum Gasteiger partial charge on any atom is -0.395 e. The first kappa shape index (κ1) is 10.9. The Labute approximate surface area is 93.1 Å². The maximum Gasteiger partial charge on any atom is 0.141 e. The van der Waals surface area contributed by atoms with Gasteiger partial charge in [0.1, 0.15) is 5.82 Å². The number of hydrogen-bond acceptors (Lipinski definition) is 2. The lowest BCUT2D eigenvalue weighted by Crippen LogP contribution is -2.29. The van der Waals surface area contributed by atoms with Crippen LogP contribution >= 0.6 is 11.6 Å². The average Bonchev–Trinajstić information content (AvgIpc) is 2.70. The Morgan fingerprint density at radius 3 is 3.00 bits per heavy atom. The van der Waals surface area contributed by atoms with Crippen molar-refractivity contribution in [3.8, 4) is 0 Å². The van der Waals surface area contributed by atoms with Gasteiger partial charge in [-0.1, -0.05) is 17.7 Å². The average molecular weight is 230 g/mol. The Hall–Kier alpha value is -0.640. The van der Waals surface area contributed by atoms with Crippen molar-refractivity contribution in [1.82, 2.24) is 5.32 Å². The highest BCUT2D eigenvalue weighted by atomic mass is 35.5. The molecule has 1 aromatic carbocycles. The largest absolute Gasteiger partial charge is 0.395 e. The van der Waals surface area contributed by atoms with Crippen molar-refractivity contribution in [1.29, 1.82) is 0 Å². The monoisotopic (exact) mass is 229 g/mol. The number of nitrogens with one attached hydrogen (secondary N) is 1. The number of aliphatic hydroxyl groups is 1. The zero-order chi connectivity index (χ0) is 10.8. The first-order valence-electron chi connectivity index (χ1n) is 5.01. The predicted octanol–water partition coefficient (Wildman–Crippen LogP) is 1.92. The van der Waals surface area contributed by atoms with Crippen LogP contribution in [0, 0.1) is 5.82 Å². The molecule has 0 radical (unpaired) electrons. The van der Waals surface area contributed by atoms with E-state index >= 15 is 0 Å². The first-order chi connectivity index (χ1) is 7.22. The van der Waals surface area contributed by atoms with Gasteiger partial charge >= 0.3 is 0 Å². The Kier molecular flexibility index (Phi) is 3.24. The topological polar surface area (TPSA) is 32.3 Å². The van der Waals surface area contributed by atoms with Crippen molar-refractivity contribution in [3.63, 3.8) is 0 Å². The van der Waals surface area contributed by atoms with Gasteiger partial charge < -0.3 is 10.4 Å². The Balaban J connectivity index is 2.25. The second-order valence-corrected chi connectivity index (χ2v) is 4.22. The molecule has 2 atom stereocenters. The van der Waals surface area contributed by atoms with Gasteiger partial charge in [-0.05, 0) is 30.7 Å². The molecule has 15 heavy (non-hydrogen) atoms. The second kappa shape index (κ2) is 4.47. The van der Waals surface area contributed by atoms with Crippen molar-refractivity contribution < 1.29 is 9.50 Å². The van der Waals surface area contributed by atoms with Crippen LogP contribution in [0.4, 0.5) is 4.39 Å². The molecule has 1 aromatic rings. The molecule has 2 rings (SSSR count). The van der Waals surface area contributed by atoms with Crippen LogP contribution in [-0.2, 0) is 0 Å². The lowest BCUT2D eigenvalue weighted by atomic mass is 9.92. The van der Waals surface area contributed by atoms with E-state index in [4.69, 9.17) is 16.7 Å². The molecule has 4 heteroatoms. The van der Waals surface area contributed by atoms with Gasteiger partial charge in [-0.25, -0.2) is 4.39 Å². The molecule has 1 saturated heterocycles. The lowest BCUT2D eigenvalue weighted by molar-refractivity contribution is 0.245. The molecule has 1 heterocycles. The summed E-state index contributed by atoms with van der Waals surface area (Å²) in [5.41, 5.74) is 0.991. The van der Waals surface area contributed by atoms with Gasteiger partial charge in [-0.3, -0.25) is 0 Å². The number of benzene rings is 1. The van der Waals surface area contributed by atoms with E-state index in [1.807, 2.05) is 0 Å². The van der Waals surface area contributed by atoms with E-state index in [2.05, 4.69) is 5.32 Å². The van der Waals surface area contributed by atoms with Gasteiger partial charge in [0.25, 0.3) is 0 Å². The van der Waals surface area contributed by atoms with E-state index < -0.39 is 5.82 Å². The van der Waals surface area contributed by atoms with Crippen LogP contribution in [0.25, 0.3) is 0 Å². The molecular formula is C11H13ClFNO. The third kappa shape index (κ3) is 2.14. The summed E-state index contributed by atoms with van der Waals surface area (Å²) in [6.45, 7) is 0.977. The molecule has 0 saturated carbocycles. The normalized spacial score (nSPS) is 25.8. The lowest BCUT2D eigenvalue weighted by Gasteiger charge is -2.17. The van der Waals surface area contributed by atoms with Gasteiger partial charge in [-0.15, -0.1) is 0 Å². The first-order valence-corrected chi connectivity index (χ1v) is 5.39. The van der Waals surface area contributed by atoms with Gasteiger partial charge in [0.2, 0.25) is 0 Å². The van der Waals surface area contributed by atoms with Gasteiger partial charge in [-0.2, -0.15) is 0 Å². The standard InChI is InChI=1S/C11H13ClFNO/c12-9-5-7(1-2-10(9)13)8-3-4-14-11(8)6-15/h1-2,5,8,11,14-15H,3-4,6H2/t8-,11?/m1/s1. The van der Waals surface area contributed by atoms with E-state index in [0.29, 0.717) is 0 Å². The van der Waals surface area contributed by atoms with Gasteiger partial charge in [0.05, 0.1) is 11.6 Å². The summed E-state index contributed by atoms with van der Waals surface area (Å²) in [5.74, 6) is -0.167. The fourth-order valence-corrected chi connectivity index (χ4v) is 2.29. The van der Waals surface area contributed by atoms with E-state index in [1.165, 1.54) is 6.07 Å². The molecule has 0 aromatic heterocycles. The van der Waals surface area contributed by atoms with Crippen LogP contribution in [0.15, 0.2) is 18.2 Å². The number of aliphatic hydroxyl groups excluding tert-OH is 1. The third-order valence-corrected chi connectivity index (χ3v) is 3.21. The molecule has 1 fully saturated rings. The fourth-order valence-electron chi connectivity index (χ4n) is 2.10. The highest BCUT2D eigenvalue weighted by Crippen LogP contribution is 2.30. The molecule has 0 spiro atoms. The number of hydrogen-bond donors (Lipinski definition) is 2. The third-order valence-electron chi connectivity index (χ3n) is 2.92. The minimum absolute atomic E-state index is 0.0616. The van der Waals surface area contributed by atoms with Crippen LogP contribution in [0.1, 0.15) is 17.9 Å². The fraction of sp³-hybridized carbons (Fsp3) is 0.455. The van der Waals surface area contributed by atoms with Gasteiger partial charge in [0.15, 0.2) is 0 Å². The molecule has 82 valence electrons. The highest BCUT2D eigenvalue weighted by Gasteiger charge is 2.27. The van der Waals surface area contributed by atoms with Crippen molar-refractivity contribution in [2.75, 3.05) is 13.2 Å². The quantitative estimate of drug-likeness (QED) is 0.812. The molecule has 1 aliphatic rings. The molecule has 2 N–H and O–H groups in total. The molecular weight excluding hydrogens is 217 g/mol. The Morgan fingerprint density at radius 1 is 1.53 bits per heavy atom. The molecule has 0 aliphatic carbocycles. The summed E-state index contributed by atoms with van der Waals surface area (Å²) in [4.78, 5) is 0. The predicted molar refractivity (Wildman–Crippen MR) is 57.6 cm³/mol. The van der Waals surface area contributed by atoms with E-state index in [-0.39, 0.29) is 23.6 Å². The number of halogens is 2. The Bertz CT molecular complexity index is 358. The minimum atomic E-state index is -0.396. The molecule has 1 aliphatic heterocycles. The number of rotatable bonds is 2. The van der Waals surface area contributed by atoms with E-state index in [9.17, 15) is 4.39 Å². The van der Waals surface area contributed by atoms with Crippen molar-refractivity contribution in [2.45, 2.75) is 18.4 Å². The highest BCUT2D eigenvalue weighted by molar-refractivity contribution is 6.30. The van der Waals surface area contributed by atoms with Crippen molar-refractivity contribution in [3.05, 3.63) is 34.6 Å². The molecule has 1 unspecified atom stereocenters. The summed E-state index contributed by atoms with van der Waals surface area (Å²) in [6, 6.07) is 4.83. The van der Waals surface area contributed by atoms with Crippen LogP contribution in [0.5, 0.6) is 0 Å². The summed E-state index contributed by atoms with van der Waals surface area (Å²) in [6.07, 6.45) is 0.952. The van der Waals surface area contributed by atoms with Crippen molar-refractivity contribution in [2.24, 2.45) is 0 Å². The van der Waals surface area contributed by atoms with Crippen LogP contribution in [-0.4, -0.2) is 24.3 Å². The SMILES string of the molecule is OCC1NCC[C@@H]1c1ccc(F)c(Cl)c1. The second-order valence-electron chi connectivity index (χ2n) is 3.81. The maximum absolute atomic E-state index is 13.0. The summed E-state index contributed by atoms with van der Waals surface area (Å²) in [5, 5.41) is 12.5. The molecule has 0 amide bonds. The van der Waals surface area contributed by atoms with E-state index in [1.54, 1.807) is 12.1 Å². The van der Waals surface area contributed by atoms with Gasteiger partial charge in [0, 0.05) is 12.0 Å².